The van der Waals surface area contributed by atoms with Crippen LogP contribution in [0.15, 0.2) is 65.7 Å². The van der Waals surface area contributed by atoms with Crippen LogP contribution in [0.4, 0.5) is 0 Å². The summed E-state index contributed by atoms with van der Waals surface area (Å²) in [6, 6.07) is 18.7. The molecule has 6 heteroatoms. The van der Waals surface area contributed by atoms with Crippen molar-refractivity contribution in [2.75, 3.05) is 32.5 Å². The Labute approximate surface area is 212 Å². The molecule has 5 nitrogen and oxygen atoms in total. The summed E-state index contributed by atoms with van der Waals surface area (Å²) >= 11 is 1.90. The zero-order chi connectivity index (χ0) is 24.5. The van der Waals surface area contributed by atoms with Gasteiger partial charge in [-0.25, -0.2) is 0 Å². The van der Waals surface area contributed by atoms with Crippen LogP contribution in [0, 0.1) is 11.8 Å². The molecule has 0 aliphatic carbocycles. The highest BCUT2D eigenvalue weighted by atomic mass is 32.2. The first kappa shape index (κ1) is 25.5. The highest BCUT2D eigenvalue weighted by Crippen LogP contribution is 2.32. The van der Waals surface area contributed by atoms with Gasteiger partial charge in [-0.05, 0) is 92.4 Å². The maximum atomic E-state index is 11.3. The van der Waals surface area contributed by atoms with Gasteiger partial charge in [0.1, 0.15) is 5.75 Å². The number of carboxylic acids is 1. The quantitative estimate of drug-likeness (QED) is 0.306. The lowest BCUT2D eigenvalue weighted by Gasteiger charge is -2.39. The van der Waals surface area contributed by atoms with E-state index in [0.717, 1.165) is 68.8 Å². The van der Waals surface area contributed by atoms with E-state index in [0.29, 0.717) is 11.8 Å². The summed E-state index contributed by atoms with van der Waals surface area (Å²) in [6.45, 7) is 3.18. The number of thioether (sulfide) groups is 1. The van der Waals surface area contributed by atoms with Crippen LogP contribution in [0.1, 0.15) is 37.7 Å². The topological polar surface area (TPSA) is 62.7 Å². The number of nitrogens with zero attached hydrogens (tertiary/aromatic N) is 2. The molecule has 0 spiro atoms. The molecule has 186 valence electrons. The molecule has 1 aliphatic heterocycles. The smallest absolute Gasteiger partial charge is 0.303 e. The summed E-state index contributed by atoms with van der Waals surface area (Å²) in [6.07, 6.45) is 7.35. The minimum absolute atomic E-state index is 0.266. The number of pyridine rings is 1. The first-order valence-electron chi connectivity index (χ1n) is 12.7. The highest BCUT2D eigenvalue weighted by Gasteiger charge is 2.29. The molecule has 0 unspecified atom stereocenters. The molecule has 2 aromatic carbocycles. The number of aromatic nitrogens is 1. The fourth-order valence-corrected chi connectivity index (χ4v) is 6.20. The molecule has 4 rings (SSSR count). The first-order valence-corrected chi connectivity index (χ1v) is 13.6. The van der Waals surface area contributed by atoms with Gasteiger partial charge in [-0.15, -0.1) is 11.8 Å². The molecule has 2 atom stereocenters. The molecular formula is C29H36N2O3S. The van der Waals surface area contributed by atoms with Gasteiger partial charge in [0.15, 0.2) is 0 Å². The van der Waals surface area contributed by atoms with Crippen LogP contribution in [-0.4, -0.2) is 53.5 Å². The second-order valence-electron chi connectivity index (χ2n) is 9.45. The first-order chi connectivity index (χ1) is 17.1. The van der Waals surface area contributed by atoms with Crippen molar-refractivity contribution in [3.63, 3.8) is 0 Å². The molecule has 1 saturated heterocycles. The van der Waals surface area contributed by atoms with E-state index in [9.17, 15) is 9.90 Å². The normalized spacial score (nSPS) is 18.5. The van der Waals surface area contributed by atoms with E-state index in [1.807, 2.05) is 30.1 Å². The Hall–Kier alpha value is -2.57. The second kappa shape index (κ2) is 12.9. The maximum absolute atomic E-state index is 11.3. The lowest BCUT2D eigenvalue weighted by molar-refractivity contribution is -0.137. The summed E-state index contributed by atoms with van der Waals surface area (Å²) in [5.41, 5.74) is 2.32. The van der Waals surface area contributed by atoms with Gasteiger partial charge in [0.25, 0.3) is 0 Å². The van der Waals surface area contributed by atoms with Crippen molar-refractivity contribution >= 4 is 28.6 Å². The molecule has 3 aromatic rings. The van der Waals surface area contributed by atoms with E-state index in [-0.39, 0.29) is 6.42 Å². The number of carboxylic acid groups (broad SMARTS) is 1. The number of aryl methyl sites for hydroxylation is 1. The van der Waals surface area contributed by atoms with Gasteiger partial charge in [-0.3, -0.25) is 9.78 Å². The van der Waals surface area contributed by atoms with Gasteiger partial charge in [0.2, 0.25) is 0 Å². The largest absolute Gasteiger partial charge is 0.497 e. The second-order valence-corrected chi connectivity index (χ2v) is 10.6. The van der Waals surface area contributed by atoms with Crippen molar-refractivity contribution in [2.45, 2.75) is 43.4 Å². The summed E-state index contributed by atoms with van der Waals surface area (Å²) in [5, 5.41) is 10.5. The lowest BCUT2D eigenvalue weighted by atomic mass is 9.79. The van der Waals surface area contributed by atoms with Crippen LogP contribution in [0.25, 0.3) is 10.9 Å². The minimum atomic E-state index is -0.683. The molecule has 0 saturated carbocycles. The van der Waals surface area contributed by atoms with Crippen molar-refractivity contribution in [3.05, 3.63) is 66.4 Å². The number of hydrogen-bond donors (Lipinski definition) is 1. The highest BCUT2D eigenvalue weighted by molar-refractivity contribution is 7.99. The van der Waals surface area contributed by atoms with Crippen molar-refractivity contribution in [1.82, 2.24) is 9.88 Å². The predicted octanol–water partition coefficient (Wildman–Crippen LogP) is 6.16. The summed E-state index contributed by atoms with van der Waals surface area (Å²) < 4.78 is 5.42. The zero-order valence-corrected chi connectivity index (χ0v) is 21.4. The van der Waals surface area contributed by atoms with Crippen molar-refractivity contribution in [1.29, 1.82) is 0 Å². The van der Waals surface area contributed by atoms with Crippen LogP contribution in [0.2, 0.25) is 0 Å². The van der Waals surface area contributed by atoms with Gasteiger partial charge in [0.05, 0.1) is 12.6 Å². The third-order valence-electron chi connectivity index (χ3n) is 7.18. The summed E-state index contributed by atoms with van der Waals surface area (Å²) in [7, 11) is 1.70. The van der Waals surface area contributed by atoms with Gasteiger partial charge >= 0.3 is 5.97 Å². The van der Waals surface area contributed by atoms with Crippen LogP contribution in [-0.2, 0) is 11.2 Å². The van der Waals surface area contributed by atoms with Gasteiger partial charge in [-0.2, -0.15) is 0 Å². The summed E-state index contributed by atoms with van der Waals surface area (Å²) in [4.78, 5) is 19.7. The fourth-order valence-electron chi connectivity index (χ4n) is 5.27. The van der Waals surface area contributed by atoms with E-state index in [4.69, 9.17) is 4.74 Å². The molecular weight excluding hydrogens is 456 g/mol. The Balaban J connectivity index is 1.31. The number of methoxy groups -OCH3 is 1. The van der Waals surface area contributed by atoms with Crippen molar-refractivity contribution < 1.29 is 14.6 Å². The number of piperidine rings is 1. The third kappa shape index (κ3) is 7.45. The standard InChI is InChI=1S/C29H36N2O3S/c1-34-25-11-12-28-27(20-25)23(14-16-30-28)7-5-6-22-15-17-31(21-24(22)10-13-29(32)33)18-19-35-26-8-3-2-4-9-26/h2-4,8-9,11-12,14,16,20,22,24H,5-7,10,13,15,17-19,21H2,1H3,(H,32,33)/t22-,24+/m1/s1. The van der Waals surface area contributed by atoms with Gasteiger partial charge in [-0.1, -0.05) is 18.2 Å². The number of rotatable bonds is 12. The SMILES string of the molecule is COc1ccc2nccc(CCC[C@@H]3CCN(CCSc4ccccc4)C[C@@H]3CCC(=O)O)c2c1. The van der Waals surface area contributed by atoms with E-state index >= 15 is 0 Å². The average Bonchev–Trinajstić information content (AvgIpc) is 2.88. The number of fused-ring (bicyclic) bond motifs is 1. The maximum Gasteiger partial charge on any atom is 0.303 e. The predicted molar refractivity (Wildman–Crippen MR) is 143 cm³/mol. The number of carbonyl (C=O) groups is 1. The molecule has 1 aromatic heterocycles. The Morgan fingerprint density at radius 2 is 2.00 bits per heavy atom. The van der Waals surface area contributed by atoms with Crippen molar-refractivity contribution in [3.8, 4) is 5.75 Å². The van der Waals surface area contributed by atoms with E-state index in [2.05, 4.69) is 52.3 Å². The number of hydrogen-bond acceptors (Lipinski definition) is 5. The average molecular weight is 493 g/mol. The summed E-state index contributed by atoms with van der Waals surface area (Å²) in [5.74, 6) is 2.29. The number of aliphatic carboxylic acids is 1. The Bertz CT molecular complexity index is 1090. The molecule has 0 amide bonds. The molecule has 1 aliphatic rings. The van der Waals surface area contributed by atoms with Gasteiger partial charge in [0, 0.05) is 41.7 Å². The van der Waals surface area contributed by atoms with Crippen LogP contribution >= 0.6 is 11.8 Å². The molecule has 1 fully saturated rings. The molecule has 35 heavy (non-hydrogen) atoms. The minimum Gasteiger partial charge on any atom is -0.497 e. The van der Waals surface area contributed by atoms with Crippen LogP contribution in [0.5, 0.6) is 5.75 Å². The fraction of sp³-hybridized carbons (Fsp3) is 0.448. The van der Waals surface area contributed by atoms with Gasteiger partial charge < -0.3 is 14.7 Å². The van der Waals surface area contributed by atoms with E-state index < -0.39 is 5.97 Å². The number of likely N-dealkylation sites (tertiary alicyclic amines) is 1. The van der Waals surface area contributed by atoms with Crippen LogP contribution in [0.3, 0.4) is 0 Å². The molecule has 0 radical (unpaired) electrons. The zero-order valence-electron chi connectivity index (χ0n) is 20.6. The molecule has 1 N–H and O–H groups in total. The molecule has 0 bridgehead atoms. The monoisotopic (exact) mass is 492 g/mol. The Morgan fingerprint density at radius 1 is 1.14 bits per heavy atom. The Morgan fingerprint density at radius 3 is 2.80 bits per heavy atom. The molecule has 2 heterocycles. The Kier molecular flexibility index (Phi) is 9.43. The number of benzene rings is 2. The van der Waals surface area contributed by atoms with E-state index in [1.54, 1.807) is 7.11 Å². The third-order valence-corrected chi connectivity index (χ3v) is 8.18. The van der Waals surface area contributed by atoms with Crippen LogP contribution < -0.4 is 4.74 Å². The number of ether oxygens (including phenoxy) is 1. The van der Waals surface area contributed by atoms with Crippen molar-refractivity contribution in [2.24, 2.45) is 11.8 Å². The lowest BCUT2D eigenvalue weighted by Crippen LogP contribution is -2.41. The van der Waals surface area contributed by atoms with E-state index in [1.165, 1.54) is 15.8 Å².